The minimum absolute atomic E-state index is 0.0748. The zero-order chi connectivity index (χ0) is 15.1. The van der Waals surface area contributed by atoms with Crippen molar-refractivity contribution in [3.05, 3.63) is 22.4 Å². The molecule has 1 saturated heterocycles. The summed E-state index contributed by atoms with van der Waals surface area (Å²) >= 11 is 12.0. The van der Waals surface area contributed by atoms with E-state index in [0.717, 1.165) is 0 Å². The average Bonchev–Trinajstić information content (AvgIpc) is 2.37. The lowest BCUT2D eigenvalue weighted by Gasteiger charge is -2.43. The Balaban J connectivity index is 1.84. The standard InChI is InChI=1S/C12H11Cl2N5O2/c1-18(12(20)21)7-4-19(5-7)11-9(14)16-8-2-6(13)3-15-10(8)17-11/h2-3,7H,4-5H2,1H3,(H,20,21). The molecule has 110 valence electrons. The molecule has 2 aromatic rings. The van der Waals surface area contributed by atoms with E-state index in [4.69, 9.17) is 28.3 Å². The van der Waals surface area contributed by atoms with Crippen LogP contribution in [0.15, 0.2) is 12.3 Å². The summed E-state index contributed by atoms with van der Waals surface area (Å²) in [4.78, 5) is 26.7. The number of likely N-dealkylation sites (N-methyl/N-ethyl adjacent to an activating group) is 1. The Bertz CT molecular complexity index is 720. The molecule has 1 aliphatic heterocycles. The van der Waals surface area contributed by atoms with Crippen LogP contribution in [0.1, 0.15) is 0 Å². The number of carboxylic acid groups (broad SMARTS) is 1. The number of aromatic nitrogens is 3. The fourth-order valence-corrected chi connectivity index (χ4v) is 2.53. The highest BCUT2D eigenvalue weighted by molar-refractivity contribution is 6.32. The highest BCUT2D eigenvalue weighted by Gasteiger charge is 2.34. The van der Waals surface area contributed by atoms with Gasteiger partial charge in [-0.25, -0.2) is 19.7 Å². The average molecular weight is 328 g/mol. The van der Waals surface area contributed by atoms with Crippen molar-refractivity contribution in [1.29, 1.82) is 0 Å². The van der Waals surface area contributed by atoms with Gasteiger partial charge in [0, 0.05) is 26.3 Å². The van der Waals surface area contributed by atoms with E-state index in [2.05, 4.69) is 15.0 Å². The highest BCUT2D eigenvalue weighted by Crippen LogP contribution is 2.29. The predicted octanol–water partition coefficient (Wildman–Crippen LogP) is 2.13. The molecule has 3 rings (SSSR count). The Morgan fingerprint density at radius 1 is 1.43 bits per heavy atom. The van der Waals surface area contributed by atoms with Crippen LogP contribution in [-0.2, 0) is 0 Å². The van der Waals surface area contributed by atoms with Crippen LogP contribution in [0.25, 0.3) is 11.2 Å². The van der Waals surface area contributed by atoms with E-state index in [1.165, 1.54) is 11.1 Å². The summed E-state index contributed by atoms with van der Waals surface area (Å²) in [6.45, 7) is 1.05. The first-order chi connectivity index (χ1) is 9.95. The number of amides is 1. The quantitative estimate of drug-likeness (QED) is 0.909. The first kappa shape index (κ1) is 14.1. The van der Waals surface area contributed by atoms with Crippen LogP contribution < -0.4 is 4.90 Å². The van der Waals surface area contributed by atoms with Gasteiger partial charge in [-0.2, -0.15) is 0 Å². The van der Waals surface area contributed by atoms with Crippen LogP contribution in [0.2, 0.25) is 10.2 Å². The maximum absolute atomic E-state index is 10.9. The second-order valence-electron chi connectivity index (χ2n) is 4.79. The molecule has 1 amide bonds. The van der Waals surface area contributed by atoms with Crippen LogP contribution in [0, 0.1) is 0 Å². The molecule has 0 aliphatic carbocycles. The summed E-state index contributed by atoms with van der Waals surface area (Å²) in [5.41, 5.74) is 0.977. The first-order valence-corrected chi connectivity index (χ1v) is 6.91. The second-order valence-corrected chi connectivity index (χ2v) is 5.58. The smallest absolute Gasteiger partial charge is 0.407 e. The van der Waals surface area contributed by atoms with Gasteiger partial charge in [0.1, 0.15) is 5.52 Å². The van der Waals surface area contributed by atoms with Gasteiger partial charge in [0.2, 0.25) is 0 Å². The van der Waals surface area contributed by atoms with Gasteiger partial charge in [0.15, 0.2) is 16.6 Å². The summed E-state index contributed by atoms with van der Waals surface area (Å²) < 4.78 is 0. The molecule has 1 aliphatic rings. The predicted molar refractivity (Wildman–Crippen MR) is 79.1 cm³/mol. The van der Waals surface area contributed by atoms with Gasteiger partial charge in [-0.3, -0.25) is 0 Å². The number of carbonyl (C=O) groups is 1. The summed E-state index contributed by atoms with van der Waals surface area (Å²) in [5, 5.41) is 9.65. The lowest BCUT2D eigenvalue weighted by atomic mass is 10.1. The summed E-state index contributed by atoms with van der Waals surface area (Å²) in [6.07, 6.45) is 0.541. The third-order valence-corrected chi connectivity index (χ3v) is 3.90. The van der Waals surface area contributed by atoms with Crippen molar-refractivity contribution >= 4 is 46.3 Å². The Kier molecular flexibility index (Phi) is 3.46. The first-order valence-electron chi connectivity index (χ1n) is 6.15. The number of halogens is 2. The molecule has 0 spiro atoms. The molecule has 1 fully saturated rings. The Labute approximate surface area is 130 Å². The monoisotopic (exact) mass is 327 g/mol. The van der Waals surface area contributed by atoms with E-state index in [1.54, 1.807) is 13.1 Å². The Hall–Kier alpha value is -1.86. The molecule has 0 saturated carbocycles. The van der Waals surface area contributed by atoms with Crippen molar-refractivity contribution in [2.24, 2.45) is 0 Å². The zero-order valence-electron chi connectivity index (χ0n) is 11.0. The van der Waals surface area contributed by atoms with Gasteiger partial charge in [-0.15, -0.1) is 0 Å². The fourth-order valence-electron chi connectivity index (χ4n) is 2.12. The molecule has 0 aromatic carbocycles. The number of rotatable bonds is 2. The Morgan fingerprint density at radius 2 is 2.14 bits per heavy atom. The SMILES string of the molecule is CN(C(=O)O)C1CN(c2nc3ncc(Cl)cc3nc2Cl)C1. The van der Waals surface area contributed by atoms with E-state index in [1.807, 2.05) is 4.90 Å². The van der Waals surface area contributed by atoms with Crippen molar-refractivity contribution in [2.45, 2.75) is 6.04 Å². The van der Waals surface area contributed by atoms with Crippen molar-refractivity contribution in [3.63, 3.8) is 0 Å². The molecule has 21 heavy (non-hydrogen) atoms. The van der Waals surface area contributed by atoms with Crippen molar-refractivity contribution in [2.75, 3.05) is 25.0 Å². The summed E-state index contributed by atoms with van der Waals surface area (Å²) in [6, 6.07) is 1.57. The van der Waals surface area contributed by atoms with E-state index in [9.17, 15) is 4.79 Å². The molecule has 0 atom stereocenters. The van der Waals surface area contributed by atoms with Crippen LogP contribution in [0.3, 0.4) is 0 Å². The van der Waals surface area contributed by atoms with Crippen LogP contribution in [0.5, 0.6) is 0 Å². The third-order valence-electron chi connectivity index (χ3n) is 3.44. The topological polar surface area (TPSA) is 82.5 Å². The maximum Gasteiger partial charge on any atom is 0.407 e. The number of nitrogens with zero attached hydrogens (tertiary/aromatic N) is 5. The van der Waals surface area contributed by atoms with Gasteiger partial charge < -0.3 is 14.9 Å². The molecule has 0 radical (unpaired) electrons. The number of hydrogen-bond acceptors (Lipinski definition) is 5. The van der Waals surface area contributed by atoms with Gasteiger partial charge in [-0.05, 0) is 6.07 Å². The molecule has 0 bridgehead atoms. The minimum atomic E-state index is -0.952. The molecule has 1 N–H and O–H groups in total. The molecular formula is C12H11Cl2N5O2. The molecule has 0 unspecified atom stereocenters. The summed E-state index contributed by atoms with van der Waals surface area (Å²) in [5.74, 6) is 0.508. The number of hydrogen-bond donors (Lipinski definition) is 1. The van der Waals surface area contributed by atoms with Crippen molar-refractivity contribution in [1.82, 2.24) is 19.9 Å². The van der Waals surface area contributed by atoms with Crippen molar-refractivity contribution in [3.8, 4) is 0 Å². The fraction of sp³-hybridized carbons (Fsp3) is 0.333. The highest BCUT2D eigenvalue weighted by atomic mass is 35.5. The zero-order valence-corrected chi connectivity index (χ0v) is 12.5. The summed E-state index contributed by atoms with van der Waals surface area (Å²) in [7, 11) is 1.54. The second kappa shape index (κ2) is 5.16. The number of anilines is 1. The van der Waals surface area contributed by atoms with Crippen LogP contribution in [-0.4, -0.2) is 57.2 Å². The lowest BCUT2D eigenvalue weighted by molar-refractivity contribution is 0.130. The van der Waals surface area contributed by atoms with Gasteiger partial charge in [0.25, 0.3) is 0 Å². The maximum atomic E-state index is 10.9. The largest absolute Gasteiger partial charge is 0.465 e. The molecule has 3 heterocycles. The number of pyridine rings is 1. The van der Waals surface area contributed by atoms with Gasteiger partial charge >= 0.3 is 6.09 Å². The Morgan fingerprint density at radius 3 is 2.81 bits per heavy atom. The number of fused-ring (bicyclic) bond motifs is 1. The molecular weight excluding hydrogens is 317 g/mol. The molecule has 2 aromatic heterocycles. The van der Waals surface area contributed by atoms with Gasteiger partial charge in [-0.1, -0.05) is 23.2 Å². The van der Waals surface area contributed by atoms with Crippen LogP contribution >= 0.6 is 23.2 Å². The molecule has 7 nitrogen and oxygen atoms in total. The third kappa shape index (κ3) is 2.54. The normalized spacial score (nSPS) is 15.1. The van der Waals surface area contributed by atoms with E-state index in [0.29, 0.717) is 35.1 Å². The van der Waals surface area contributed by atoms with E-state index < -0.39 is 6.09 Å². The molecule has 9 heteroatoms. The van der Waals surface area contributed by atoms with Crippen LogP contribution in [0.4, 0.5) is 10.6 Å². The van der Waals surface area contributed by atoms with Gasteiger partial charge in [0.05, 0.1) is 11.1 Å². The lowest BCUT2D eigenvalue weighted by Crippen LogP contribution is -2.60. The minimum Gasteiger partial charge on any atom is -0.465 e. The van der Waals surface area contributed by atoms with E-state index in [-0.39, 0.29) is 11.2 Å². The van der Waals surface area contributed by atoms with Crippen molar-refractivity contribution < 1.29 is 9.90 Å². The van der Waals surface area contributed by atoms with E-state index >= 15 is 0 Å².